The minimum Gasteiger partial charge on any atom is -0.331 e. The molecule has 0 aliphatic rings. The average Bonchev–Trinajstić information content (AvgIpc) is 2.77. The van der Waals surface area contributed by atoms with E-state index in [1.165, 1.54) is 20.6 Å². The number of methoxy groups -OCH3 is 2. The molecule has 0 spiro atoms. The van der Waals surface area contributed by atoms with Crippen molar-refractivity contribution < 1.29 is 36.2 Å². The molecule has 1 aromatic carbocycles. The standard InChI is InChI=1S/C24H37F5O3/c1-6-7-8-9-10-11-13-17(24(30-4,31-5)32-16(2)3)14-12-15-18-19(25)21(27)23(29)22(28)20(18)26/h16-17H,6-15H2,1-5H3. The maximum Gasteiger partial charge on any atom is 0.285 e. The van der Waals surface area contributed by atoms with Gasteiger partial charge in [0, 0.05) is 25.7 Å². The molecule has 3 nitrogen and oxygen atoms in total. The van der Waals surface area contributed by atoms with Crippen LogP contribution in [0.4, 0.5) is 22.0 Å². The van der Waals surface area contributed by atoms with Crippen LogP contribution in [-0.2, 0) is 20.6 Å². The summed E-state index contributed by atoms with van der Waals surface area (Å²) in [5.74, 6) is -11.2. The van der Waals surface area contributed by atoms with Crippen LogP contribution in [0.15, 0.2) is 0 Å². The summed E-state index contributed by atoms with van der Waals surface area (Å²) < 4.78 is 85.5. The zero-order valence-electron chi connectivity index (χ0n) is 19.8. The Hall–Kier alpha value is -1.25. The van der Waals surface area contributed by atoms with E-state index >= 15 is 0 Å². The lowest BCUT2D eigenvalue weighted by molar-refractivity contribution is -0.399. The summed E-state index contributed by atoms with van der Waals surface area (Å²) >= 11 is 0. The molecule has 186 valence electrons. The third-order valence-electron chi connectivity index (χ3n) is 5.66. The summed E-state index contributed by atoms with van der Waals surface area (Å²) in [7, 11) is 2.92. The van der Waals surface area contributed by atoms with Gasteiger partial charge in [0.15, 0.2) is 23.3 Å². The molecule has 8 heteroatoms. The fourth-order valence-corrected chi connectivity index (χ4v) is 4.00. The second-order valence-corrected chi connectivity index (χ2v) is 8.37. The van der Waals surface area contributed by atoms with Crippen LogP contribution in [0, 0.1) is 35.0 Å². The van der Waals surface area contributed by atoms with Crippen molar-refractivity contribution in [1.29, 1.82) is 0 Å². The van der Waals surface area contributed by atoms with Gasteiger partial charge in [-0.15, -0.1) is 0 Å². The lowest BCUT2D eigenvalue weighted by Gasteiger charge is -2.39. The third kappa shape index (κ3) is 7.66. The van der Waals surface area contributed by atoms with Crippen molar-refractivity contribution in [2.45, 2.75) is 97.1 Å². The fraction of sp³-hybridized carbons (Fsp3) is 0.750. The molecular formula is C24H37F5O3. The first-order valence-electron chi connectivity index (χ1n) is 11.4. The molecule has 32 heavy (non-hydrogen) atoms. The summed E-state index contributed by atoms with van der Waals surface area (Å²) in [6, 6.07) is 0. The van der Waals surface area contributed by atoms with Crippen molar-refractivity contribution in [3.8, 4) is 0 Å². The second-order valence-electron chi connectivity index (χ2n) is 8.37. The Balaban J connectivity index is 2.94. The Morgan fingerprint density at radius 2 is 1.16 bits per heavy atom. The normalized spacial score (nSPS) is 13.2. The highest BCUT2D eigenvalue weighted by Crippen LogP contribution is 2.35. The molecule has 0 fully saturated rings. The zero-order chi connectivity index (χ0) is 24.3. The van der Waals surface area contributed by atoms with Gasteiger partial charge in [0.2, 0.25) is 5.82 Å². The van der Waals surface area contributed by atoms with Crippen molar-refractivity contribution in [3.05, 3.63) is 34.6 Å². The van der Waals surface area contributed by atoms with Gasteiger partial charge in [-0.25, -0.2) is 22.0 Å². The molecule has 0 N–H and O–H groups in total. The van der Waals surface area contributed by atoms with E-state index in [0.29, 0.717) is 12.8 Å². The summed E-state index contributed by atoms with van der Waals surface area (Å²) in [6.07, 6.45) is 7.19. The first kappa shape index (κ1) is 28.8. The molecule has 1 unspecified atom stereocenters. The van der Waals surface area contributed by atoms with Crippen molar-refractivity contribution >= 4 is 0 Å². The van der Waals surface area contributed by atoms with Crippen LogP contribution in [0.2, 0.25) is 0 Å². The van der Waals surface area contributed by atoms with Crippen LogP contribution >= 0.6 is 0 Å². The molecule has 0 bridgehead atoms. The van der Waals surface area contributed by atoms with E-state index in [9.17, 15) is 22.0 Å². The van der Waals surface area contributed by atoms with Crippen LogP contribution in [0.3, 0.4) is 0 Å². The molecule has 0 aliphatic carbocycles. The summed E-state index contributed by atoms with van der Waals surface area (Å²) in [6.45, 7) is 5.82. The zero-order valence-corrected chi connectivity index (χ0v) is 19.8. The number of hydrogen-bond acceptors (Lipinski definition) is 3. The van der Waals surface area contributed by atoms with Crippen molar-refractivity contribution in [2.75, 3.05) is 14.2 Å². The molecule has 0 aromatic heterocycles. The Morgan fingerprint density at radius 1 is 0.688 bits per heavy atom. The first-order chi connectivity index (χ1) is 15.1. The maximum atomic E-state index is 14.0. The van der Waals surface area contributed by atoms with Crippen molar-refractivity contribution in [3.63, 3.8) is 0 Å². The van der Waals surface area contributed by atoms with Crippen LogP contribution in [0.25, 0.3) is 0 Å². The number of rotatable bonds is 16. The quantitative estimate of drug-likeness (QED) is 0.0829. The molecule has 1 aromatic rings. The molecule has 1 atom stereocenters. The Bertz CT molecular complexity index is 664. The smallest absolute Gasteiger partial charge is 0.285 e. The topological polar surface area (TPSA) is 27.7 Å². The van der Waals surface area contributed by atoms with E-state index in [2.05, 4.69) is 6.92 Å². The van der Waals surface area contributed by atoms with Gasteiger partial charge in [-0.2, -0.15) is 0 Å². The van der Waals surface area contributed by atoms with Gasteiger partial charge in [-0.05, 0) is 39.5 Å². The molecule has 0 saturated heterocycles. The number of halogens is 5. The second kappa shape index (κ2) is 14.1. The van der Waals surface area contributed by atoms with E-state index in [4.69, 9.17) is 14.2 Å². The van der Waals surface area contributed by atoms with E-state index in [1.54, 1.807) is 0 Å². The lowest BCUT2D eigenvalue weighted by Crippen LogP contribution is -2.46. The van der Waals surface area contributed by atoms with Gasteiger partial charge in [0.1, 0.15) is 0 Å². The number of benzene rings is 1. The van der Waals surface area contributed by atoms with Gasteiger partial charge in [-0.1, -0.05) is 45.4 Å². The molecule has 0 radical (unpaired) electrons. The molecule has 0 aliphatic heterocycles. The van der Waals surface area contributed by atoms with Crippen LogP contribution < -0.4 is 0 Å². The van der Waals surface area contributed by atoms with Crippen LogP contribution in [0.1, 0.15) is 84.1 Å². The average molecular weight is 469 g/mol. The molecular weight excluding hydrogens is 431 g/mol. The van der Waals surface area contributed by atoms with Gasteiger partial charge in [0.25, 0.3) is 5.97 Å². The lowest BCUT2D eigenvalue weighted by atomic mass is 9.91. The van der Waals surface area contributed by atoms with E-state index < -0.39 is 40.6 Å². The van der Waals surface area contributed by atoms with Gasteiger partial charge in [0.05, 0.1) is 6.10 Å². The Labute approximate surface area is 188 Å². The van der Waals surface area contributed by atoms with E-state index in [-0.39, 0.29) is 24.9 Å². The first-order valence-corrected chi connectivity index (χ1v) is 11.4. The SMILES string of the molecule is CCCCCCCCC(CCCc1c(F)c(F)c(F)c(F)c1F)C(OC)(OC)OC(C)C. The number of unbranched alkanes of at least 4 members (excludes halogenated alkanes) is 5. The monoisotopic (exact) mass is 468 g/mol. The predicted molar refractivity (Wildman–Crippen MR) is 114 cm³/mol. The molecule has 0 heterocycles. The summed E-state index contributed by atoms with van der Waals surface area (Å²) in [4.78, 5) is 0. The maximum absolute atomic E-state index is 14.0. The molecule has 1 rings (SSSR count). The van der Waals surface area contributed by atoms with E-state index in [1.807, 2.05) is 13.8 Å². The van der Waals surface area contributed by atoms with Gasteiger partial charge >= 0.3 is 0 Å². The minimum absolute atomic E-state index is 0.175. The van der Waals surface area contributed by atoms with Crippen molar-refractivity contribution in [2.24, 2.45) is 5.92 Å². The van der Waals surface area contributed by atoms with Crippen molar-refractivity contribution in [1.82, 2.24) is 0 Å². The molecule has 0 saturated carbocycles. The Morgan fingerprint density at radius 3 is 1.66 bits per heavy atom. The highest BCUT2D eigenvalue weighted by molar-refractivity contribution is 5.24. The molecule has 0 amide bonds. The fourth-order valence-electron chi connectivity index (χ4n) is 4.00. The van der Waals surface area contributed by atoms with E-state index in [0.717, 1.165) is 32.1 Å². The number of ether oxygens (including phenoxy) is 3. The highest BCUT2D eigenvalue weighted by atomic mass is 19.2. The number of hydrogen-bond donors (Lipinski definition) is 0. The predicted octanol–water partition coefficient (Wildman–Crippen LogP) is 7.44. The van der Waals surface area contributed by atoms with Crippen LogP contribution in [-0.4, -0.2) is 26.3 Å². The third-order valence-corrected chi connectivity index (χ3v) is 5.66. The van der Waals surface area contributed by atoms with Gasteiger partial charge in [-0.3, -0.25) is 0 Å². The Kier molecular flexibility index (Phi) is 12.7. The summed E-state index contributed by atoms with van der Waals surface area (Å²) in [5, 5.41) is 0. The highest BCUT2D eigenvalue weighted by Gasteiger charge is 2.41. The minimum atomic E-state index is -2.15. The summed E-state index contributed by atoms with van der Waals surface area (Å²) in [5.41, 5.74) is -0.801. The van der Waals surface area contributed by atoms with Crippen LogP contribution in [0.5, 0.6) is 0 Å². The largest absolute Gasteiger partial charge is 0.331 e. The van der Waals surface area contributed by atoms with Gasteiger partial charge < -0.3 is 14.2 Å².